The predicted molar refractivity (Wildman–Crippen MR) is 110 cm³/mol. The molecule has 0 saturated heterocycles. The van der Waals surface area contributed by atoms with Gasteiger partial charge < -0.3 is 9.30 Å². The lowest BCUT2D eigenvalue weighted by Gasteiger charge is -2.04. The zero-order chi connectivity index (χ0) is 19.0. The van der Waals surface area contributed by atoms with Crippen LogP contribution in [0, 0.1) is 0 Å². The van der Waals surface area contributed by atoms with Crippen molar-refractivity contribution in [3.63, 3.8) is 0 Å². The van der Waals surface area contributed by atoms with E-state index >= 15 is 0 Å². The molecule has 0 unspecified atom stereocenters. The molecule has 2 aromatic carbocycles. The highest BCUT2D eigenvalue weighted by atomic mass is 35.5. The lowest BCUT2D eigenvalue weighted by Crippen LogP contribution is -2.15. The van der Waals surface area contributed by atoms with E-state index in [0.717, 1.165) is 27.9 Å². The summed E-state index contributed by atoms with van der Waals surface area (Å²) in [6, 6.07) is 15.0. The summed E-state index contributed by atoms with van der Waals surface area (Å²) in [6.45, 7) is 0. The quantitative estimate of drug-likeness (QED) is 0.513. The van der Waals surface area contributed by atoms with Gasteiger partial charge in [-0.3, -0.25) is 10.1 Å². The van der Waals surface area contributed by atoms with Crippen molar-refractivity contribution in [1.82, 2.24) is 9.55 Å². The van der Waals surface area contributed by atoms with Gasteiger partial charge in [0.15, 0.2) is 5.13 Å². The van der Waals surface area contributed by atoms with Gasteiger partial charge in [0.05, 0.1) is 12.8 Å². The highest BCUT2D eigenvalue weighted by Gasteiger charge is 2.16. The van der Waals surface area contributed by atoms with E-state index in [4.69, 9.17) is 16.3 Å². The molecular weight excluding hydrogens is 382 g/mol. The largest absolute Gasteiger partial charge is 0.497 e. The number of nitrogens with one attached hydrogen (secondary N) is 1. The number of nitrogens with zero attached hydrogens (tertiary/aromatic N) is 2. The number of anilines is 1. The smallest absolute Gasteiger partial charge is 0.274 e. The van der Waals surface area contributed by atoms with Gasteiger partial charge in [0, 0.05) is 33.9 Å². The lowest BCUT2D eigenvalue weighted by atomic mass is 10.2. The predicted octanol–water partition coefficient (Wildman–Crippen LogP) is 5.22. The van der Waals surface area contributed by atoms with Crippen molar-refractivity contribution >= 4 is 44.9 Å². The molecule has 1 amide bonds. The first-order valence-electron chi connectivity index (χ1n) is 8.22. The first-order chi connectivity index (χ1) is 13.1. The van der Waals surface area contributed by atoms with E-state index in [1.165, 1.54) is 11.3 Å². The van der Waals surface area contributed by atoms with Crippen LogP contribution in [-0.4, -0.2) is 22.6 Å². The molecule has 2 aromatic heterocycles. The first kappa shape index (κ1) is 17.6. The number of thiazole rings is 1. The summed E-state index contributed by atoms with van der Waals surface area (Å²) in [5.74, 6) is 0.567. The third-order valence-electron chi connectivity index (χ3n) is 4.38. The van der Waals surface area contributed by atoms with Crippen molar-refractivity contribution in [2.75, 3.05) is 12.4 Å². The van der Waals surface area contributed by atoms with Crippen molar-refractivity contribution in [2.24, 2.45) is 7.05 Å². The number of halogens is 1. The minimum absolute atomic E-state index is 0.222. The second-order valence-corrected chi connectivity index (χ2v) is 7.25. The van der Waals surface area contributed by atoms with Crippen molar-refractivity contribution in [3.05, 3.63) is 64.6 Å². The van der Waals surface area contributed by atoms with E-state index in [2.05, 4.69) is 10.3 Å². The van der Waals surface area contributed by atoms with Crippen LogP contribution in [0.3, 0.4) is 0 Å². The third-order valence-corrected chi connectivity index (χ3v) is 5.46. The van der Waals surface area contributed by atoms with Crippen molar-refractivity contribution in [2.45, 2.75) is 0 Å². The Balaban J connectivity index is 1.58. The standard InChI is InChI=1S/C20H16ClN3O2S/c1-24-17-5-3-4-15(21)14(17)10-18(24)19(25)23-20-22-16(11-27-20)12-6-8-13(26-2)9-7-12/h3-11H,1-2H3,(H,22,23,25). The fraction of sp³-hybridized carbons (Fsp3) is 0.100. The van der Waals surface area contributed by atoms with E-state index < -0.39 is 0 Å². The normalized spacial score (nSPS) is 10.9. The molecule has 136 valence electrons. The van der Waals surface area contributed by atoms with Crippen molar-refractivity contribution in [1.29, 1.82) is 0 Å². The molecule has 0 saturated carbocycles. The number of hydrogen-bond acceptors (Lipinski definition) is 4. The number of ether oxygens (including phenoxy) is 1. The summed E-state index contributed by atoms with van der Waals surface area (Å²) in [5, 5.41) is 6.80. The van der Waals surface area contributed by atoms with Crippen LogP contribution in [0.1, 0.15) is 10.5 Å². The zero-order valence-electron chi connectivity index (χ0n) is 14.7. The van der Waals surface area contributed by atoms with Crippen LogP contribution >= 0.6 is 22.9 Å². The Hall–Kier alpha value is -2.83. The maximum absolute atomic E-state index is 12.7. The number of hydrogen-bond donors (Lipinski definition) is 1. The second-order valence-electron chi connectivity index (χ2n) is 5.98. The van der Waals surface area contributed by atoms with Gasteiger partial charge in [0.2, 0.25) is 0 Å². The van der Waals surface area contributed by atoms with Crippen LogP contribution in [0.2, 0.25) is 5.02 Å². The Bertz CT molecular complexity index is 1130. The number of amides is 1. The number of methoxy groups -OCH3 is 1. The average molecular weight is 398 g/mol. The lowest BCUT2D eigenvalue weighted by molar-refractivity contribution is 0.101. The number of carbonyl (C=O) groups excluding carboxylic acids is 1. The van der Waals surface area contributed by atoms with E-state index in [1.54, 1.807) is 13.2 Å². The van der Waals surface area contributed by atoms with E-state index in [9.17, 15) is 4.79 Å². The van der Waals surface area contributed by atoms with Gasteiger partial charge in [-0.2, -0.15) is 0 Å². The zero-order valence-corrected chi connectivity index (χ0v) is 16.3. The number of aryl methyl sites for hydroxylation is 1. The third kappa shape index (κ3) is 3.29. The van der Waals surface area contributed by atoms with Crippen LogP contribution in [0.5, 0.6) is 5.75 Å². The molecule has 0 aliphatic carbocycles. The van der Waals surface area contributed by atoms with Crippen LogP contribution in [-0.2, 0) is 7.05 Å². The van der Waals surface area contributed by atoms with Crippen LogP contribution < -0.4 is 10.1 Å². The number of fused-ring (bicyclic) bond motifs is 1. The summed E-state index contributed by atoms with van der Waals surface area (Å²) in [6.07, 6.45) is 0. The van der Waals surface area contributed by atoms with Gasteiger partial charge in [-0.25, -0.2) is 4.98 Å². The minimum atomic E-state index is -0.222. The maximum atomic E-state index is 12.7. The number of aromatic nitrogens is 2. The summed E-state index contributed by atoms with van der Waals surface area (Å²) >= 11 is 7.62. The SMILES string of the molecule is COc1ccc(-c2csc(NC(=O)c3cc4c(Cl)cccc4n3C)n2)cc1. The molecule has 2 heterocycles. The molecule has 5 nitrogen and oxygen atoms in total. The van der Waals surface area contributed by atoms with Crippen LogP contribution in [0.4, 0.5) is 5.13 Å². The highest BCUT2D eigenvalue weighted by molar-refractivity contribution is 7.14. The number of carbonyl (C=O) groups is 1. The van der Waals surface area contributed by atoms with Crippen molar-refractivity contribution < 1.29 is 9.53 Å². The Morgan fingerprint density at radius 1 is 1.22 bits per heavy atom. The topological polar surface area (TPSA) is 56.1 Å². The van der Waals surface area contributed by atoms with Gasteiger partial charge in [-0.05, 0) is 42.5 Å². The molecule has 0 aliphatic heterocycles. The number of rotatable bonds is 4. The molecule has 27 heavy (non-hydrogen) atoms. The number of benzene rings is 2. The van der Waals surface area contributed by atoms with E-state index in [-0.39, 0.29) is 5.91 Å². The molecular formula is C20H16ClN3O2S. The van der Waals surface area contributed by atoms with Gasteiger partial charge in [-0.15, -0.1) is 11.3 Å². The van der Waals surface area contributed by atoms with Gasteiger partial charge >= 0.3 is 0 Å². The molecule has 4 rings (SSSR count). The monoisotopic (exact) mass is 397 g/mol. The average Bonchev–Trinajstić information content (AvgIpc) is 3.28. The highest BCUT2D eigenvalue weighted by Crippen LogP contribution is 2.29. The Morgan fingerprint density at radius 3 is 2.70 bits per heavy atom. The molecule has 0 aliphatic rings. The van der Waals surface area contributed by atoms with E-state index in [1.807, 2.05) is 59.5 Å². The fourth-order valence-electron chi connectivity index (χ4n) is 2.93. The maximum Gasteiger partial charge on any atom is 0.274 e. The molecule has 7 heteroatoms. The van der Waals surface area contributed by atoms with Gasteiger partial charge in [0.25, 0.3) is 5.91 Å². The summed E-state index contributed by atoms with van der Waals surface area (Å²) in [5.41, 5.74) is 3.20. The fourth-order valence-corrected chi connectivity index (χ4v) is 3.87. The van der Waals surface area contributed by atoms with Crippen molar-refractivity contribution in [3.8, 4) is 17.0 Å². The molecule has 0 atom stereocenters. The minimum Gasteiger partial charge on any atom is -0.497 e. The molecule has 4 aromatic rings. The molecule has 0 radical (unpaired) electrons. The summed E-state index contributed by atoms with van der Waals surface area (Å²) < 4.78 is 7.00. The first-order valence-corrected chi connectivity index (χ1v) is 9.48. The second kappa shape index (κ2) is 7.06. The van der Waals surface area contributed by atoms with E-state index in [0.29, 0.717) is 15.8 Å². The molecule has 0 fully saturated rings. The Kier molecular flexibility index (Phi) is 4.59. The Labute approximate surface area is 165 Å². The molecule has 0 spiro atoms. The summed E-state index contributed by atoms with van der Waals surface area (Å²) in [7, 11) is 3.48. The molecule has 1 N–H and O–H groups in total. The van der Waals surface area contributed by atoms with Gasteiger partial charge in [0.1, 0.15) is 11.4 Å². The summed E-state index contributed by atoms with van der Waals surface area (Å²) in [4.78, 5) is 17.2. The van der Waals surface area contributed by atoms with Crippen LogP contribution in [0.15, 0.2) is 53.9 Å². The van der Waals surface area contributed by atoms with Gasteiger partial charge in [-0.1, -0.05) is 17.7 Å². The molecule has 0 bridgehead atoms. The Morgan fingerprint density at radius 2 is 2.00 bits per heavy atom. The van der Waals surface area contributed by atoms with Crippen LogP contribution in [0.25, 0.3) is 22.2 Å².